The molecular formula is C20H35B. The molecule has 0 saturated heterocycles. The highest BCUT2D eigenvalue weighted by atomic mass is 14.6. The summed E-state index contributed by atoms with van der Waals surface area (Å²) in [6.45, 7) is 17.9. The summed E-state index contributed by atoms with van der Waals surface area (Å²) in [4.78, 5) is 0. The summed E-state index contributed by atoms with van der Waals surface area (Å²) >= 11 is 0. The van der Waals surface area contributed by atoms with Gasteiger partial charge in [-0.15, -0.1) is 0 Å². The molecule has 6 fully saturated rings. The lowest BCUT2D eigenvalue weighted by Gasteiger charge is -2.57. The third kappa shape index (κ3) is 2.45. The van der Waals surface area contributed by atoms with Gasteiger partial charge in [0, 0.05) is 0 Å². The molecule has 1 heteroatoms. The molecule has 0 aromatic carbocycles. The predicted octanol–water partition coefficient (Wildman–Crippen LogP) is 4.81. The van der Waals surface area contributed by atoms with Crippen molar-refractivity contribution in [3.63, 3.8) is 0 Å². The lowest BCUT2D eigenvalue weighted by Crippen LogP contribution is -2.48. The van der Waals surface area contributed by atoms with Crippen LogP contribution in [0.15, 0.2) is 24.3 Å². The summed E-state index contributed by atoms with van der Waals surface area (Å²) < 4.78 is 0. The first kappa shape index (κ1) is 16.9. The molecule has 118 valence electrons. The van der Waals surface area contributed by atoms with Crippen LogP contribution in [0.3, 0.4) is 0 Å². The van der Waals surface area contributed by atoms with E-state index in [1.807, 2.05) is 0 Å². The Kier molecular flexibility index (Phi) is 4.28. The van der Waals surface area contributed by atoms with E-state index in [9.17, 15) is 0 Å². The highest BCUT2D eigenvalue weighted by molar-refractivity contribution is 5.75. The summed E-state index contributed by atoms with van der Waals surface area (Å²) in [6, 6.07) is 0. The van der Waals surface area contributed by atoms with Gasteiger partial charge in [-0.25, -0.2) is 0 Å². The quantitative estimate of drug-likeness (QED) is 0.442. The average Bonchev–Trinajstić information content (AvgIpc) is 2.38. The molecule has 4 atom stereocenters. The van der Waals surface area contributed by atoms with Crippen LogP contribution in [-0.4, -0.2) is 8.41 Å². The Balaban J connectivity index is 0.000000147. The SMILES string of the molecule is B.C=C1CCC2CC1C2(C)C.C=C1CCC2CC1C2(C)C. The third-order valence-corrected chi connectivity index (χ3v) is 7.55. The molecule has 4 unspecified atom stereocenters. The number of hydrogen-bond donors (Lipinski definition) is 0. The Labute approximate surface area is 134 Å². The zero-order valence-corrected chi connectivity index (χ0v) is 14.0. The largest absolute Gasteiger partial charge is 0.0996 e. The van der Waals surface area contributed by atoms with E-state index in [-0.39, 0.29) is 8.41 Å². The van der Waals surface area contributed by atoms with Crippen LogP contribution in [0, 0.1) is 34.5 Å². The number of rotatable bonds is 0. The van der Waals surface area contributed by atoms with E-state index in [1.165, 1.54) is 49.7 Å². The van der Waals surface area contributed by atoms with Crippen LogP contribution in [0.25, 0.3) is 0 Å². The van der Waals surface area contributed by atoms with Crippen molar-refractivity contribution in [2.24, 2.45) is 34.5 Å². The third-order valence-electron chi connectivity index (χ3n) is 7.55. The highest BCUT2D eigenvalue weighted by Crippen LogP contribution is 2.61. The molecule has 6 aliphatic carbocycles. The summed E-state index contributed by atoms with van der Waals surface area (Å²) in [6.07, 6.45) is 8.29. The second kappa shape index (κ2) is 5.32. The van der Waals surface area contributed by atoms with Gasteiger partial charge in [-0.1, -0.05) is 52.0 Å². The van der Waals surface area contributed by atoms with Crippen molar-refractivity contribution in [1.29, 1.82) is 0 Å². The first-order valence-corrected chi connectivity index (χ1v) is 8.60. The van der Waals surface area contributed by atoms with Crippen LogP contribution in [-0.2, 0) is 0 Å². The molecule has 6 rings (SSSR count). The van der Waals surface area contributed by atoms with E-state index >= 15 is 0 Å². The van der Waals surface area contributed by atoms with Crippen molar-refractivity contribution in [2.45, 2.75) is 66.2 Å². The molecule has 21 heavy (non-hydrogen) atoms. The van der Waals surface area contributed by atoms with Crippen LogP contribution in [0.1, 0.15) is 66.2 Å². The zero-order chi connectivity index (χ0) is 14.7. The van der Waals surface area contributed by atoms with Gasteiger partial charge in [0.25, 0.3) is 0 Å². The molecule has 0 aromatic rings. The molecule has 0 nitrogen and oxygen atoms in total. The first-order valence-electron chi connectivity index (χ1n) is 8.60. The van der Waals surface area contributed by atoms with Crippen LogP contribution in [0.5, 0.6) is 0 Å². The Bertz CT molecular complexity index is 397. The van der Waals surface area contributed by atoms with Gasteiger partial charge >= 0.3 is 0 Å². The van der Waals surface area contributed by atoms with E-state index in [4.69, 9.17) is 0 Å². The maximum absolute atomic E-state index is 4.13. The summed E-state index contributed by atoms with van der Waals surface area (Å²) in [7, 11) is 0. The Morgan fingerprint density at radius 3 is 1.24 bits per heavy atom. The Morgan fingerprint density at radius 1 is 0.762 bits per heavy atom. The Hall–Kier alpha value is -0.455. The fourth-order valence-corrected chi connectivity index (χ4v) is 5.47. The molecule has 6 aliphatic rings. The smallest absolute Gasteiger partial charge is 0.0814 e. The van der Waals surface area contributed by atoms with Crippen molar-refractivity contribution in [2.75, 3.05) is 0 Å². The lowest BCUT2D eigenvalue weighted by molar-refractivity contribution is -0.0273. The van der Waals surface area contributed by atoms with Crippen molar-refractivity contribution < 1.29 is 0 Å². The van der Waals surface area contributed by atoms with Gasteiger partial charge in [0.1, 0.15) is 0 Å². The monoisotopic (exact) mass is 286 g/mol. The van der Waals surface area contributed by atoms with Crippen LogP contribution >= 0.6 is 0 Å². The molecular weight excluding hydrogens is 251 g/mol. The lowest BCUT2D eigenvalue weighted by atomic mass is 9.47. The van der Waals surface area contributed by atoms with E-state index in [0.717, 1.165) is 23.7 Å². The van der Waals surface area contributed by atoms with E-state index in [2.05, 4.69) is 40.9 Å². The highest BCUT2D eigenvalue weighted by Gasteiger charge is 2.52. The van der Waals surface area contributed by atoms with Crippen molar-refractivity contribution in [3.05, 3.63) is 24.3 Å². The maximum atomic E-state index is 4.13. The number of fused-ring (bicyclic) bond motifs is 4. The average molecular weight is 286 g/mol. The molecule has 0 aliphatic heterocycles. The molecule has 6 saturated carbocycles. The maximum Gasteiger partial charge on any atom is 0.0814 e. The minimum Gasteiger partial charge on any atom is -0.0996 e. The summed E-state index contributed by atoms with van der Waals surface area (Å²) in [5, 5.41) is 0. The topological polar surface area (TPSA) is 0 Å². The van der Waals surface area contributed by atoms with E-state index < -0.39 is 0 Å². The van der Waals surface area contributed by atoms with E-state index in [1.54, 1.807) is 0 Å². The fourth-order valence-electron chi connectivity index (χ4n) is 5.47. The first-order chi connectivity index (χ1) is 9.24. The summed E-state index contributed by atoms with van der Waals surface area (Å²) in [5.41, 5.74) is 4.25. The minimum atomic E-state index is 0. The molecule has 4 bridgehead atoms. The second-order valence-corrected chi connectivity index (χ2v) is 9.01. The van der Waals surface area contributed by atoms with Gasteiger partial charge in [-0.3, -0.25) is 0 Å². The number of hydrogen-bond acceptors (Lipinski definition) is 0. The fraction of sp³-hybridized carbons (Fsp3) is 0.800. The van der Waals surface area contributed by atoms with Crippen molar-refractivity contribution in [1.82, 2.24) is 0 Å². The predicted molar refractivity (Wildman–Crippen MR) is 97.4 cm³/mol. The number of allylic oxidation sites excluding steroid dienone is 2. The van der Waals surface area contributed by atoms with Crippen LogP contribution in [0.4, 0.5) is 0 Å². The molecule has 0 radical (unpaired) electrons. The zero-order valence-electron chi connectivity index (χ0n) is 14.0. The van der Waals surface area contributed by atoms with Crippen molar-refractivity contribution in [3.8, 4) is 0 Å². The molecule has 0 N–H and O–H groups in total. The van der Waals surface area contributed by atoms with Crippen LogP contribution < -0.4 is 0 Å². The van der Waals surface area contributed by atoms with Gasteiger partial charge in [-0.2, -0.15) is 0 Å². The molecule has 0 spiro atoms. The minimum absolute atomic E-state index is 0. The molecule has 0 aromatic heterocycles. The van der Waals surface area contributed by atoms with Crippen LogP contribution in [0.2, 0.25) is 0 Å². The molecule has 0 amide bonds. The van der Waals surface area contributed by atoms with E-state index in [0.29, 0.717) is 10.8 Å². The van der Waals surface area contributed by atoms with Gasteiger partial charge in [-0.05, 0) is 73.0 Å². The standard InChI is InChI=1S/2C10H16.BH3/c2*1-7-4-5-8-6-9(7)10(8,2)3;/h2*8-9H,1,4-6H2,2-3H3;1H3. The van der Waals surface area contributed by atoms with Crippen molar-refractivity contribution >= 4 is 8.41 Å². The molecule has 0 heterocycles. The van der Waals surface area contributed by atoms with Gasteiger partial charge in [0.15, 0.2) is 0 Å². The summed E-state index contributed by atoms with van der Waals surface area (Å²) in [5.74, 6) is 3.77. The Morgan fingerprint density at radius 2 is 1.10 bits per heavy atom. The second-order valence-electron chi connectivity index (χ2n) is 9.01. The van der Waals surface area contributed by atoms with Gasteiger partial charge in [0.05, 0.1) is 8.41 Å². The van der Waals surface area contributed by atoms with Gasteiger partial charge < -0.3 is 0 Å². The normalized spacial score (nSPS) is 40.8. The van der Waals surface area contributed by atoms with Gasteiger partial charge in [0.2, 0.25) is 0 Å².